The van der Waals surface area contributed by atoms with E-state index >= 15 is 0 Å². The van der Waals surface area contributed by atoms with Crippen molar-refractivity contribution >= 4 is 0 Å². The molecule has 0 amide bonds. The van der Waals surface area contributed by atoms with E-state index in [-0.39, 0.29) is 34.5 Å². The third-order valence-corrected chi connectivity index (χ3v) is 2.95. The summed E-state index contributed by atoms with van der Waals surface area (Å²) >= 11 is 0. The van der Waals surface area contributed by atoms with Gasteiger partial charge in [0.05, 0.1) is 14.2 Å². The van der Waals surface area contributed by atoms with Crippen LogP contribution in [0.25, 0.3) is 0 Å². The number of benzene rings is 2. The molecule has 0 fully saturated rings. The minimum atomic E-state index is -0.194. The van der Waals surface area contributed by atoms with Crippen LogP contribution in [0, 0.1) is 0 Å². The summed E-state index contributed by atoms with van der Waals surface area (Å²) in [5.41, 5.74) is 0.859. The Kier molecular flexibility index (Phi) is 6.19. The summed E-state index contributed by atoms with van der Waals surface area (Å²) in [6, 6.07) is 7.46. The number of aryl methyl sites for hydroxylation is 1. The molecule has 2 aromatic rings. The molecule has 4 N–H and O–H groups in total. The molecule has 22 heavy (non-hydrogen) atoms. The minimum absolute atomic E-state index is 0.0225. The summed E-state index contributed by atoms with van der Waals surface area (Å²) in [7, 11) is 2.78. The summed E-state index contributed by atoms with van der Waals surface area (Å²) in [4.78, 5) is 0. The second kappa shape index (κ2) is 7.87. The molecule has 2 aromatic carbocycles. The second-order valence-corrected chi connectivity index (χ2v) is 4.34. The van der Waals surface area contributed by atoms with E-state index in [1.54, 1.807) is 12.1 Å². The Labute approximate surface area is 128 Å². The number of ether oxygens (including phenoxy) is 2. The van der Waals surface area contributed by atoms with Crippen LogP contribution in [-0.2, 0) is 6.42 Å². The van der Waals surface area contributed by atoms with Gasteiger partial charge in [0.25, 0.3) is 0 Å². The van der Waals surface area contributed by atoms with Gasteiger partial charge < -0.3 is 29.9 Å². The van der Waals surface area contributed by atoms with Gasteiger partial charge in [-0.1, -0.05) is 13.0 Å². The van der Waals surface area contributed by atoms with Gasteiger partial charge in [0.1, 0.15) is 11.5 Å². The highest BCUT2D eigenvalue weighted by atomic mass is 16.5. The number of aromatic hydroxyl groups is 4. The minimum Gasteiger partial charge on any atom is -0.508 e. The van der Waals surface area contributed by atoms with Crippen LogP contribution in [-0.4, -0.2) is 34.6 Å². The summed E-state index contributed by atoms with van der Waals surface area (Å²) in [5, 5.41) is 36.5. The topological polar surface area (TPSA) is 99.4 Å². The number of hydrogen-bond acceptors (Lipinski definition) is 6. The maximum absolute atomic E-state index is 9.36. The van der Waals surface area contributed by atoms with Crippen molar-refractivity contribution in [3.05, 3.63) is 35.9 Å². The predicted molar refractivity (Wildman–Crippen MR) is 82.0 cm³/mol. The zero-order chi connectivity index (χ0) is 16.7. The van der Waals surface area contributed by atoms with Crippen LogP contribution in [0.5, 0.6) is 34.5 Å². The number of rotatable bonds is 3. The molecule has 0 spiro atoms. The van der Waals surface area contributed by atoms with Crippen molar-refractivity contribution in [2.75, 3.05) is 14.2 Å². The summed E-state index contributed by atoms with van der Waals surface area (Å²) in [6.45, 7) is 1.95. The molecule has 2 rings (SSSR count). The first-order valence-corrected chi connectivity index (χ1v) is 6.58. The predicted octanol–water partition coefficient (Wildman–Crippen LogP) is 2.78. The molecule has 6 nitrogen and oxygen atoms in total. The van der Waals surface area contributed by atoms with Gasteiger partial charge >= 0.3 is 0 Å². The number of phenolic OH excluding ortho intramolecular Hbond substituents is 4. The fraction of sp³-hybridized carbons (Fsp3) is 0.250. The van der Waals surface area contributed by atoms with Gasteiger partial charge in [-0.05, 0) is 30.2 Å². The van der Waals surface area contributed by atoms with Crippen molar-refractivity contribution in [1.82, 2.24) is 0 Å². The third-order valence-electron chi connectivity index (χ3n) is 2.95. The largest absolute Gasteiger partial charge is 0.508 e. The van der Waals surface area contributed by atoms with E-state index in [1.807, 2.05) is 6.92 Å². The molecule has 120 valence electrons. The molecule has 0 heterocycles. The Morgan fingerprint density at radius 1 is 0.864 bits per heavy atom. The molecule has 0 atom stereocenters. The fourth-order valence-electron chi connectivity index (χ4n) is 1.76. The maximum Gasteiger partial charge on any atom is 0.206 e. The van der Waals surface area contributed by atoms with Crippen LogP contribution < -0.4 is 9.47 Å². The Morgan fingerprint density at radius 3 is 2.05 bits per heavy atom. The molecule has 0 aromatic heterocycles. The Morgan fingerprint density at radius 2 is 1.55 bits per heavy atom. The van der Waals surface area contributed by atoms with Gasteiger partial charge in [-0.15, -0.1) is 0 Å². The summed E-state index contributed by atoms with van der Waals surface area (Å²) < 4.78 is 9.54. The van der Waals surface area contributed by atoms with Crippen LogP contribution in [0.3, 0.4) is 0 Å². The molecule has 0 bridgehead atoms. The molecule has 0 saturated heterocycles. The number of methoxy groups -OCH3 is 2. The summed E-state index contributed by atoms with van der Waals surface area (Å²) in [5.74, 6) is 0.256. The Balaban J connectivity index is 0.000000224. The van der Waals surface area contributed by atoms with Gasteiger partial charge in [-0.2, -0.15) is 0 Å². The highest BCUT2D eigenvalue weighted by Crippen LogP contribution is 2.42. The number of phenols is 4. The van der Waals surface area contributed by atoms with Crippen molar-refractivity contribution in [2.24, 2.45) is 0 Å². The van der Waals surface area contributed by atoms with Crippen molar-refractivity contribution in [1.29, 1.82) is 0 Å². The maximum atomic E-state index is 9.36. The monoisotopic (exact) mass is 308 g/mol. The van der Waals surface area contributed by atoms with E-state index in [9.17, 15) is 10.2 Å². The van der Waals surface area contributed by atoms with Gasteiger partial charge in [0, 0.05) is 6.07 Å². The lowest BCUT2D eigenvalue weighted by atomic mass is 10.1. The van der Waals surface area contributed by atoms with E-state index < -0.39 is 0 Å². The van der Waals surface area contributed by atoms with E-state index in [4.69, 9.17) is 19.7 Å². The average Bonchev–Trinajstić information content (AvgIpc) is 2.49. The zero-order valence-electron chi connectivity index (χ0n) is 12.7. The fourth-order valence-corrected chi connectivity index (χ4v) is 1.76. The average molecular weight is 308 g/mol. The summed E-state index contributed by atoms with van der Waals surface area (Å²) in [6.07, 6.45) is 0.784. The van der Waals surface area contributed by atoms with Crippen molar-refractivity contribution in [2.45, 2.75) is 13.3 Å². The quantitative estimate of drug-likeness (QED) is 0.696. The molecular formula is C16H20O6. The second-order valence-electron chi connectivity index (χ2n) is 4.34. The lowest BCUT2D eigenvalue weighted by Gasteiger charge is -2.08. The van der Waals surface area contributed by atoms with Crippen molar-refractivity contribution in [3.8, 4) is 34.5 Å². The molecular weight excluding hydrogens is 288 g/mol. The molecule has 0 radical (unpaired) electrons. The molecule has 0 saturated carbocycles. The van der Waals surface area contributed by atoms with E-state index in [0.717, 1.165) is 12.0 Å². The molecule has 6 heteroatoms. The molecule has 0 aliphatic carbocycles. The molecule has 0 aliphatic heterocycles. The van der Waals surface area contributed by atoms with Gasteiger partial charge in [0.2, 0.25) is 11.5 Å². The van der Waals surface area contributed by atoms with Crippen LogP contribution in [0.2, 0.25) is 0 Å². The highest BCUT2D eigenvalue weighted by Gasteiger charge is 2.12. The highest BCUT2D eigenvalue weighted by molar-refractivity contribution is 5.57. The van der Waals surface area contributed by atoms with Gasteiger partial charge in [-0.25, -0.2) is 0 Å². The zero-order valence-corrected chi connectivity index (χ0v) is 12.7. The third kappa shape index (κ3) is 4.12. The van der Waals surface area contributed by atoms with Crippen LogP contribution in [0.4, 0.5) is 0 Å². The van der Waals surface area contributed by atoms with E-state index in [1.165, 1.54) is 32.4 Å². The van der Waals surface area contributed by atoms with Gasteiger partial charge in [0.15, 0.2) is 11.5 Å². The lowest BCUT2D eigenvalue weighted by Crippen LogP contribution is -1.88. The van der Waals surface area contributed by atoms with Crippen molar-refractivity contribution < 1.29 is 29.9 Å². The van der Waals surface area contributed by atoms with Crippen LogP contribution in [0.1, 0.15) is 12.5 Å². The Hall–Kier alpha value is -2.76. The van der Waals surface area contributed by atoms with E-state index in [0.29, 0.717) is 0 Å². The van der Waals surface area contributed by atoms with Crippen molar-refractivity contribution in [3.63, 3.8) is 0 Å². The van der Waals surface area contributed by atoms with E-state index in [2.05, 4.69) is 0 Å². The molecule has 0 unspecified atom stereocenters. The SMILES string of the molecule is CCc1ccc(O)cc1O.COc1ccc(O)c(OC)c1O. The first-order valence-electron chi connectivity index (χ1n) is 6.58. The van der Waals surface area contributed by atoms with Crippen LogP contribution >= 0.6 is 0 Å². The van der Waals surface area contributed by atoms with Crippen LogP contribution in [0.15, 0.2) is 30.3 Å². The first kappa shape index (κ1) is 17.3. The number of hydrogen-bond donors (Lipinski definition) is 4. The Bertz CT molecular complexity index is 624. The standard InChI is InChI=1S/C8H10O4.C8H10O2/c1-11-6-4-3-5(9)8(12-2)7(6)10;1-2-6-3-4-7(9)5-8(6)10/h3-4,9-10H,1-2H3;3-5,9-10H,2H2,1H3. The first-order chi connectivity index (χ1) is 10.4. The van der Waals surface area contributed by atoms with Gasteiger partial charge in [-0.3, -0.25) is 0 Å². The smallest absolute Gasteiger partial charge is 0.206 e. The lowest BCUT2D eigenvalue weighted by molar-refractivity contribution is 0.322. The molecule has 0 aliphatic rings. The normalized spacial score (nSPS) is 9.59.